The second-order valence-corrected chi connectivity index (χ2v) is 3.29. The number of hydrogen-bond donors (Lipinski definition) is 1. The Morgan fingerprint density at radius 2 is 1.69 bits per heavy atom. The summed E-state index contributed by atoms with van der Waals surface area (Å²) in [5, 5.41) is 7.33. The van der Waals surface area contributed by atoms with Gasteiger partial charge in [0.1, 0.15) is 0 Å². The van der Waals surface area contributed by atoms with E-state index in [9.17, 15) is 14.4 Å². The van der Waals surface area contributed by atoms with Crippen molar-refractivity contribution in [3.8, 4) is 0 Å². The molecule has 0 amide bonds. The second-order valence-electron chi connectivity index (χ2n) is 3.29. The van der Waals surface area contributed by atoms with Gasteiger partial charge >= 0.3 is 11.9 Å². The Labute approximate surface area is 93.4 Å². The molecule has 0 aliphatic rings. The number of hydrogen-bond acceptors (Lipinski definition) is 6. The number of methoxy groups -OCH3 is 1. The Morgan fingerprint density at radius 3 is 2.00 bits per heavy atom. The summed E-state index contributed by atoms with van der Waals surface area (Å²) >= 11 is 0. The van der Waals surface area contributed by atoms with Gasteiger partial charge in [0.05, 0.1) is 7.11 Å². The van der Waals surface area contributed by atoms with E-state index in [0.717, 1.165) is 14.0 Å². The van der Waals surface area contributed by atoms with Crippen molar-refractivity contribution in [3.63, 3.8) is 0 Å². The first-order valence-electron chi connectivity index (χ1n) is 4.65. The predicted molar refractivity (Wildman–Crippen MR) is 55.1 cm³/mol. The van der Waals surface area contributed by atoms with Crippen LogP contribution in [0.5, 0.6) is 0 Å². The van der Waals surface area contributed by atoms with Gasteiger partial charge in [-0.25, -0.2) is 0 Å². The zero-order chi connectivity index (χ0) is 12.9. The molecule has 90 valence electrons. The van der Waals surface area contributed by atoms with Crippen molar-refractivity contribution in [1.82, 2.24) is 0 Å². The number of nitrogens with one attached hydrogen (secondary N) is 1. The molecule has 0 aromatic rings. The molecule has 0 rings (SSSR count). The molecule has 0 saturated carbocycles. The first-order chi connectivity index (χ1) is 7.31. The molecule has 2 unspecified atom stereocenters. The minimum Gasteiger partial charge on any atom is -0.468 e. The monoisotopic (exact) mass is 229 g/mol. The van der Waals surface area contributed by atoms with Crippen molar-refractivity contribution >= 4 is 23.4 Å². The molecule has 0 heterocycles. The molecule has 0 fully saturated rings. The maximum Gasteiger partial charge on any atom is 0.322 e. The van der Waals surface area contributed by atoms with E-state index in [0.29, 0.717) is 0 Å². The molecule has 0 aliphatic heterocycles. The Bertz CT molecular complexity index is 323. The van der Waals surface area contributed by atoms with Crippen molar-refractivity contribution in [3.05, 3.63) is 0 Å². The summed E-state index contributed by atoms with van der Waals surface area (Å²) in [6.07, 6.45) is -1.07. The first-order valence-corrected chi connectivity index (χ1v) is 4.65. The second kappa shape index (κ2) is 5.99. The normalized spacial score (nSPS) is 13.5. The number of esters is 2. The van der Waals surface area contributed by atoms with E-state index in [4.69, 9.17) is 5.41 Å². The van der Waals surface area contributed by atoms with Crippen LogP contribution in [0.2, 0.25) is 0 Å². The molecule has 6 nitrogen and oxygen atoms in total. The van der Waals surface area contributed by atoms with Gasteiger partial charge in [-0.2, -0.15) is 0 Å². The van der Waals surface area contributed by atoms with Crippen LogP contribution < -0.4 is 0 Å². The van der Waals surface area contributed by atoms with Gasteiger partial charge in [-0.05, 0) is 13.8 Å². The predicted octanol–water partition coefficient (Wildman–Crippen LogP) is 0.336. The Balaban J connectivity index is 4.81. The maximum atomic E-state index is 11.7. The zero-order valence-corrected chi connectivity index (χ0v) is 9.70. The molecule has 0 saturated heterocycles. The molecule has 1 N–H and O–H groups in total. The molecule has 0 spiro atoms. The van der Waals surface area contributed by atoms with Crippen LogP contribution in [0.1, 0.15) is 20.8 Å². The van der Waals surface area contributed by atoms with Crippen molar-refractivity contribution < 1.29 is 23.9 Å². The standard InChI is InChI=1S/C10H15NO5/c1-5(11)8(10(14)15-4)9(13)6(2)16-7(3)12/h6,8,11H,1-4H3. The molecule has 0 radical (unpaired) electrons. The van der Waals surface area contributed by atoms with E-state index < -0.39 is 29.7 Å². The van der Waals surface area contributed by atoms with Gasteiger partial charge in [-0.15, -0.1) is 0 Å². The number of Topliss-reactive ketones (excluding diaryl/α,β-unsaturated/α-hetero) is 1. The first kappa shape index (κ1) is 14.3. The summed E-state index contributed by atoms with van der Waals surface area (Å²) in [6, 6.07) is 0. The number of carbonyl (C=O) groups excluding carboxylic acids is 3. The zero-order valence-electron chi connectivity index (χ0n) is 9.70. The quantitative estimate of drug-likeness (QED) is 0.416. The molecule has 0 bridgehead atoms. The van der Waals surface area contributed by atoms with Crippen LogP contribution in [0, 0.1) is 11.3 Å². The average Bonchev–Trinajstić information content (AvgIpc) is 2.15. The molecular formula is C10H15NO5. The van der Waals surface area contributed by atoms with E-state index in [1.165, 1.54) is 13.8 Å². The van der Waals surface area contributed by atoms with Crippen molar-refractivity contribution in [2.75, 3.05) is 7.11 Å². The minimum absolute atomic E-state index is 0.143. The average molecular weight is 229 g/mol. The lowest BCUT2D eigenvalue weighted by atomic mass is 9.96. The van der Waals surface area contributed by atoms with Gasteiger partial charge in [0.15, 0.2) is 17.8 Å². The van der Waals surface area contributed by atoms with Crippen LogP contribution in [0.4, 0.5) is 0 Å². The Kier molecular flexibility index (Phi) is 5.35. The summed E-state index contributed by atoms with van der Waals surface area (Å²) < 4.78 is 9.05. The summed E-state index contributed by atoms with van der Waals surface area (Å²) in [5.74, 6) is -3.41. The van der Waals surface area contributed by atoms with Crippen LogP contribution in [-0.2, 0) is 23.9 Å². The highest BCUT2D eigenvalue weighted by molar-refractivity contribution is 6.18. The lowest BCUT2D eigenvalue weighted by Crippen LogP contribution is -2.38. The molecule has 0 aliphatic carbocycles. The summed E-state index contributed by atoms with van der Waals surface area (Å²) in [7, 11) is 1.13. The third-order valence-corrected chi connectivity index (χ3v) is 1.90. The van der Waals surface area contributed by atoms with Gasteiger partial charge in [0, 0.05) is 12.6 Å². The molecule has 0 aromatic heterocycles. The van der Waals surface area contributed by atoms with Gasteiger partial charge in [0.2, 0.25) is 0 Å². The summed E-state index contributed by atoms with van der Waals surface area (Å²) in [5.41, 5.74) is -0.143. The van der Waals surface area contributed by atoms with Crippen LogP contribution >= 0.6 is 0 Å². The summed E-state index contributed by atoms with van der Waals surface area (Å²) in [6.45, 7) is 3.83. The summed E-state index contributed by atoms with van der Waals surface area (Å²) in [4.78, 5) is 33.6. The smallest absolute Gasteiger partial charge is 0.322 e. The molecule has 6 heteroatoms. The Hall–Kier alpha value is -1.72. The SMILES string of the molecule is COC(=O)C(C(C)=N)C(=O)C(C)OC(C)=O. The highest BCUT2D eigenvalue weighted by atomic mass is 16.5. The lowest BCUT2D eigenvalue weighted by Gasteiger charge is -2.16. The minimum atomic E-state index is -1.31. The molecule has 2 atom stereocenters. The molecule has 16 heavy (non-hydrogen) atoms. The third kappa shape index (κ3) is 3.80. The largest absolute Gasteiger partial charge is 0.468 e. The van der Waals surface area contributed by atoms with E-state index >= 15 is 0 Å². The van der Waals surface area contributed by atoms with Crippen LogP contribution in [0.15, 0.2) is 0 Å². The number of rotatable bonds is 5. The fraction of sp³-hybridized carbons (Fsp3) is 0.600. The number of ketones is 1. The van der Waals surface area contributed by atoms with Crippen molar-refractivity contribution in [2.45, 2.75) is 26.9 Å². The van der Waals surface area contributed by atoms with E-state index in [2.05, 4.69) is 9.47 Å². The van der Waals surface area contributed by atoms with Gasteiger partial charge in [-0.3, -0.25) is 14.4 Å². The van der Waals surface area contributed by atoms with Gasteiger partial charge < -0.3 is 14.9 Å². The van der Waals surface area contributed by atoms with Crippen molar-refractivity contribution in [2.24, 2.45) is 5.92 Å². The molecule has 0 aromatic carbocycles. The number of ether oxygens (including phenoxy) is 2. The van der Waals surface area contributed by atoms with E-state index in [1.807, 2.05) is 0 Å². The van der Waals surface area contributed by atoms with Gasteiger partial charge in [-0.1, -0.05) is 0 Å². The van der Waals surface area contributed by atoms with Gasteiger partial charge in [0.25, 0.3) is 0 Å². The lowest BCUT2D eigenvalue weighted by molar-refractivity contribution is -0.157. The topological polar surface area (TPSA) is 93.5 Å². The maximum absolute atomic E-state index is 11.7. The van der Waals surface area contributed by atoms with Crippen molar-refractivity contribution in [1.29, 1.82) is 5.41 Å². The highest BCUT2D eigenvalue weighted by Gasteiger charge is 2.34. The molecular weight excluding hydrogens is 214 g/mol. The van der Waals surface area contributed by atoms with E-state index in [1.54, 1.807) is 0 Å². The fourth-order valence-electron chi connectivity index (χ4n) is 1.17. The Morgan fingerprint density at radius 1 is 1.19 bits per heavy atom. The highest BCUT2D eigenvalue weighted by Crippen LogP contribution is 2.09. The van der Waals surface area contributed by atoms with Crippen LogP contribution in [-0.4, -0.2) is 36.6 Å². The third-order valence-electron chi connectivity index (χ3n) is 1.90. The van der Waals surface area contributed by atoms with Crippen LogP contribution in [0.3, 0.4) is 0 Å². The van der Waals surface area contributed by atoms with Crippen LogP contribution in [0.25, 0.3) is 0 Å². The number of carbonyl (C=O) groups is 3. The van der Waals surface area contributed by atoms with E-state index in [-0.39, 0.29) is 5.71 Å². The fourth-order valence-corrected chi connectivity index (χ4v) is 1.17.